The molecule has 0 heterocycles. The number of nitrogens with one attached hydrogen (secondary N) is 1. The van der Waals surface area contributed by atoms with Crippen LogP contribution in [-0.2, 0) is 0 Å². The molecule has 3 N–H and O–H groups in total. The third-order valence-electron chi connectivity index (χ3n) is 2.07. The second-order valence-electron chi connectivity index (χ2n) is 4.08. The molecule has 4 heteroatoms. The van der Waals surface area contributed by atoms with Crippen molar-refractivity contribution >= 4 is 17.7 Å². The minimum atomic E-state index is 0.597. The number of rotatable bonds is 8. The van der Waals surface area contributed by atoms with Crippen molar-refractivity contribution in [3.63, 3.8) is 0 Å². The molecule has 0 bridgehead atoms. The SMILES string of the molecule is CSCCCCN=C(N)NCCC(C)C. The number of unbranched alkanes of at least 4 members (excludes halogenated alkanes) is 1. The lowest BCUT2D eigenvalue weighted by atomic mass is 10.1. The summed E-state index contributed by atoms with van der Waals surface area (Å²) in [4.78, 5) is 4.27. The Morgan fingerprint density at radius 1 is 1.40 bits per heavy atom. The molecule has 0 fully saturated rings. The molecule has 0 aliphatic carbocycles. The van der Waals surface area contributed by atoms with Gasteiger partial charge in [0.25, 0.3) is 0 Å². The van der Waals surface area contributed by atoms with Gasteiger partial charge in [-0.2, -0.15) is 11.8 Å². The van der Waals surface area contributed by atoms with Crippen molar-refractivity contribution in [3.8, 4) is 0 Å². The zero-order valence-electron chi connectivity index (χ0n) is 10.3. The summed E-state index contributed by atoms with van der Waals surface area (Å²) in [6, 6.07) is 0. The van der Waals surface area contributed by atoms with E-state index < -0.39 is 0 Å². The largest absolute Gasteiger partial charge is 0.370 e. The summed E-state index contributed by atoms with van der Waals surface area (Å²) in [5.41, 5.74) is 5.71. The molecular formula is C11H25N3S. The lowest BCUT2D eigenvalue weighted by Gasteiger charge is -2.07. The van der Waals surface area contributed by atoms with E-state index >= 15 is 0 Å². The van der Waals surface area contributed by atoms with Crippen molar-refractivity contribution < 1.29 is 0 Å². The summed E-state index contributed by atoms with van der Waals surface area (Å²) in [7, 11) is 0. The molecule has 0 aromatic rings. The number of guanidine groups is 1. The molecule has 3 nitrogen and oxygen atoms in total. The Kier molecular flexibility index (Phi) is 9.89. The minimum absolute atomic E-state index is 0.597. The molecule has 0 unspecified atom stereocenters. The second kappa shape index (κ2) is 10.1. The maximum absolute atomic E-state index is 5.71. The van der Waals surface area contributed by atoms with E-state index in [2.05, 4.69) is 30.4 Å². The normalized spacial score (nSPS) is 12.1. The highest BCUT2D eigenvalue weighted by Crippen LogP contribution is 1.99. The Morgan fingerprint density at radius 3 is 2.73 bits per heavy atom. The molecule has 0 radical (unpaired) electrons. The van der Waals surface area contributed by atoms with E-state index in [-0.39, 0.29) is 0 Å². The summed E-state index contributed by atoms with van der Waals surface area (Å²) >= 11 is 1.88. The van der Waals surface area contributed by atoms with Gasteiger partial charge in [0.2, 0.25) is 0 Å². The Bertz CT molecular complexity index is 169. The van der Waals surface area contributed by atoms with Crippen LogP contribution in [-0.4, -0.2) is 31.1 Å². The topological polar surface area (TPSA) is 50.4 Å². The zero-order chi connectivity index (χ0) is 11.5. The Hall–Kier alpha value is -0.380. The summed E-state index contributed by atoms with van der Waals surface area (Å²) in [5.74, 6) is 2.53. The molecule has 0 aliphatic heterocycles. The van der Waals surface area contributed by atoms with Gasteiger partial charge in [0.05, 0.1) is 0 Å². The second-order valence-corrected chi connectivity index (χ2v) is 5.06. The van der Waals surface area contributed by atoms with Crippen LogP contribution in [0.2, 0.25) is 0 Å². The maximum atomic E-state index is 5.71. The van der Waals surface area contributed by atoms with Gasteiger partial charge in [-0.25, -0.2) is 0 Å². The lowest BCUT2D eigenvalue weighted by Crippen LogP contribution is -2.33. The summed E-state index contributed by atoms with van der Waals surface area (Å²) in [6.07, 6.45) is 5.63. The molecule has 0 aromatic carbocycles. The van der Waals surface area contributed by atoms with Crippen LogP contribution >= 0.6 is 11.8 Å². The number of hydrogen-bond donors (Lipinski definition) is 2. The lowest BCUT2D eigenvalue weighted by molar-refractivity contribution is 0.576. The molecule has 90 valence electrons. The molecule has 0 rings (SSSR count). The number of nitrogens with two attached hydrogens (primary N) is 1. The minimum Gasteiger partial charge on any atom is -0.370 e. The fourth-order valence-corrected chi connectivity index (χ4v) is 1.60. The summed E-state index contributed by atoms with van der Waals surface area (Å²) in [5, 5.41) is 3.13. The predicted molar refractivity (Wildman–Crippen MR) is 71.6 cm³/mol. The van der Waals surface area contributed by atoms with Crippen molar-refractivity contribution in [1.82, 2.24) is 5.32 Å². The smallest absolute Gasteiger partial charge is 0.188 e. The van der Waals surface area contributed by atoms with E-state index in [0.29, 0.717) is 11.9 Å². The number of thioether (sulfide) groups is 1. The Morgan fingerprint density at radius 2 is 2.13 bits per heavy atom. The first kappa shape index (κ1) is 14.6. The molecule has 0 aromatic heterocycles. The van der Waals surface area contributed by atoms with Crippen molar-refractivity contribution in [2.75, 3.05) is 25.1 Å². The first-order chi connectivity index (χ1) is 7.16. The van der Waals surface area contributed by atoms with E-state index in [1.165, 1.54) is 12.2 Å². The highest BCUT2D eigenvalue weighted by atomic mass is 32.2. The third-order valence-corrected chi connectivity index (χ3v) is 2.76. The van der Waals surface area contributed by atoms with Crippen LogP contribution in [0.25, 0.3) is 0 Å². The molecule has 0 amide bonds. The van der Waals surface area contributed by atoms with Crippen molar-refractivity contribution in [2.24, 2.45) is 16.6 Å². The molecule has 0 spiro atoms. The van der Waals surface area contributed by atoms with Crippen LogP contribution in [0.5, 0.6) is 0 Å². The fourth-order valence-electron chi connectivity index (χ4n) is 1.10. The van der Waals surface area contributed by atoms with Crippen molar-refractivity contribution in [3.05, 3.63) is 0 Å². The van der Waals surface area contributed by atoms with Gasteiger partial charge in [0, 0.05) is 13.1 Å². The van der Waals surface area contributed by atoms with Crippen LogP contribution in [0.1, 0.15) is 33.1 Å². The van der Waals surface area contributed by atoms with Crippen molar-refractivity contribution in [2.45, 2.75) is 33.1 Å². The standard InChI is InChI=1S/C11H25N3S/c1-10(2)6-8-14-11(12)13-7-4-5-9-15-3/h10H,4-9H2,1-3H3,(H3,12,13,14). The quantitative estimate of drug-likeness (QED) is 0.382. The van der Waals surface area contributed by atoms with E-state index in [9.17, 15) is 0 Å². The van der Waals surface area contributed by atoms with Crippen LogP contribution in [0.15, 0.2) is 4.99 Å². The monoisotopic (exact) mass is 231 g/mol. The highest BCUT2D eigenvalue weighted by molar-refractivity contribution is 7.98. The fraction of sp³-hybridized carbons (Fsp3) is 0.909. The predicted octanol–water partition coefficient (Wildman–Crippen LogP) is 2.08. The van der Waals surface area contributed by atoms with Gasteiger partial charge in [0.15, 0.2) is 5.96 Å². The van der Waals surface area contributed by atoms with Crippen LogP contribution < -0.4 is 11.1 Å². The van der Waals surface area contributed by atoms with Gasteiger partial charge in [0.1, 0.15) is 0 Å². The number of nitrogens with zero attached hydrogens (tertiary/aromatic N) is 1. The first-order valence-corrected chi connectivity index (χ1v) is 7.09. The highest BCUT2D eigenvalue weighted by Gasteiger charge is 1.94. The molecule has 0 atom stereocenters. The molecule has 0 saturated carbocycles. The van der Waals surface area contributed by atoms with Crippen LogP contribution in [0.4, 0.5) is 0 Å². The van der Waals surface area contributed by atoms with Gasteiger partial charge >= 0.3 is 0 Å². The average Bonchev–Trinajstić information content (AvgIpc) is 2.17. The zero-order valence-corrected chi connectivity index (χ0v) is 11.1. The first-order valence-electron chi connectivity index (χ1n) is 5.69. The third kappa shape index (κ3) is 11.5. The van der Waals surface area contributed by atoms with Gasteiger partial charge in [-0.05, 0) is 37.2 Å². The van der Waals surface area contributed by atoms with Gasteiger partial charge in [-0.3, -0.25) is 4.99 Å². The molecule has 0 saturated heterocycles. The Balaban J connectivity index is 3.35. The van der Waals surface area contributed by atoms with E-state index in [0.717, 1.165) is 25.9 Å². The summed E-state index contributed by atoms with van der Waals surface area (Å²) < 4.78 is 0. The van der Waals surface area contributed by atoms with Crippen LogP contribution in [0.3, 0.4) is 0 Å². The maximum Gasteiger partial charge on any atom is 0.188 e. The van der Waals surface area contributed by atoms with Gasteiger partial charge in [-0.1, -0.05) is 13.8 Å². The van der Waals surface area contributed by atoms with E-state index in [4.69, 9.17) is 5.73 Å². The molecule has 0 aliphatic rings. The van der Waals surface area contributed by atoms with E-state index in [1.54, 1.807) is 0 Å². The van der Waals surface area contributed by atoms with E-state index in [1.807, 2.05) is 11.8 Å². The average molecular weight is 231 g/mol. The number of aliphatic imine (C=N–C) groups is 1. The molecule has 15 heavy (non-hydrogen) atoms. The van der Waals surface area contributed by atoms with Crippen molar-refractivity contribution in [1.29, 1.82) is 0 Å². The Labute approximate surface area is 98.3 Å². The van der Waals surface area contributed by atoms with Gasteiger partial charge < -0.3 is 11.1 Å². The number of hydrogen-bond acceptors (Lipinski definition) is 2. The summed E-state index contributed by atoms with van der Waals surface area (Å²) in [6.45, 7) is 6.19. The van der Waals surface area contributed by atoms with Gasteiger partial charge in [-0.15, -0.1) is 0 Å². The molecular weight excluding hydrogens is 206 g/mol. The van der Waals surface area contributed by atoms with Crippen LogP contribution in [0, 0.1) is 5.92 Å².